The van der Waals surface area contributed by atoms with E-state index in [0.717, 1.165) is 24.8 Å². The molecule has 1 aromatic rings. The van der Waals surface area contributed by atoms with Crippen LogP contribution in [-0.2, 0) is 25.5 Å². The number of rotatable bonds is 16. The highest BCUT2D eigenvalue weighted by atomic mass is 16.6. The van der Waals surface area contributed by atoms with Crippen molar-refractivity contribution in [3.63, 3.8) is 0 Å². The molecule has 0 unspecified atom stereocenters. The number of likely N-dealkylation sites (tertiary alicyclic amines) is 1. The summed E-state index contributed by atoms with van der Waals surface area (Å²) >= 11 is 0. The molecule has 0 aliphatic carbocycles. The van der Waals surface area contributed by atoms with Gasteiger partial charge >= 0.3 is 11.9 Å². The maximum atomic E-state index is 12.4. The molecule has 1 amide bonds. The molecular formula is C30H45NO5. The summed E-state index contributed by atoms with van der Waals surface area (Å²) in [4.78, 5) is 38.9. The van der Waals surface area contributed by atoms with Crippen molar-refractivity contribution in [2.45, 2.75) is 97.9 Å². The van der Waals surface area contributed by atoms with Gasteiger partial charge in [0.15, 0.2) is 0 Å². The lowest BCUT2D eigenvalue weighted by molar-refractivity contribution is -0.156. The quantitative estimate of drug-likeness (QED) is 0.152. The Balaban J connectivity index is 1.75. The third-order valence-electron chi connectivity index (χ3n) is 7.39. The van der Waals surface area contributed by atoms with Gasteiger partial charge in [-0.05, 0) is 63.1 Å². The van der Waals surface area contributed by atoms with Gasteiger partial charge in [0.1, 0.15) is 13.2 Å². The molecule has 1 atom stereocenters. The number of unbranched alkanes of at least 4 members (excludes halogenated alkanes) is 4. The number of carbonyl (C=O) groups excluding carboxylic acids is 3. The number of nitrogens with zero attached hydrogens (tertiary/aromatic N) is 1. The monoisotopic (exact) mass is 499 g/mol. The van der Waals surface area contributed by atoms with Crippen LogP contribution < -0.4 is 0 Å². The number of hydrogen-bond donors (Lipinski definition) is 0. The van der Waals surface area contributed by atoms with Gasteiger partial charge in [-0.15, -0.1) is 0 Å². The van der Waals surface area contributed by atoms with Crippen LogP contribution in [0.15, 0.2) is 36.4 Å². The Morgan fingerprint density at radius 1 is 1.03 bits per heavy atom. The summed E-state index contributed by atoms with van der Waals surface area (Å²) in [6.45, 7) is 8.78. The van der Waals surface area contributed by atoms with E-state index in [-0.39, 0.29) is 31.1 Å². The zero-order valence-electron chi connectivity index (χ0n) is 22.7. The summed E-state index contributed by atoms with van der Waals surface area (Å²) in [6, 6.07) is 7.50. The summed E-state index contributed by atoms with van der Waals surface area (Å²) < 4.78 is 10.5. The first kappa shape index (κ1) is 29.6. The smallest absolute Gasteiger partial charge is 0.338 e. The highest BCUT2D eigenvalue weighted by Crippen LogP contribution is 2.27. The van der Waals surface area contributed by atoms with Crippen LogP contribution in [0.1, 0.15) is 101 Å². The van der Waals surface area contributed by atoms with E-state index in [2.05, 4.69) is 19.1 Å². The molecule has 2 rings (SSSR count). The maximum Gasteiger partial charge on any atom is 0.338 e. The van der Waals surface area contributed by atoms with E-state index < -0.39 is 11.4 Å². The predicted octanol–water partition coefficient (Wildman–Crippen LogP) is 6.27. The van der Waals surface area contributed by atoms with Gasteiger partial charge in [0, 0.05) is 13.0 Å². The third-order valence-corrected chi connectivity index (χ3v) is 7.39. The highest BCUT2D eigenvalue weighted by Gasteiger charge is 2.31. The van der Waals surface area contributed by atoms with Crippen LogP contribution >= 0.6 is 0 Å². The molecule has 0 saturated carbocycles. The molecule has 0 N–H and O–H groups in total. The molecule has 0 aromatic heterocycles. The largest absolute Gasteiger partial charge is 0.462 e. The van der Waals surface area contributed by atoms with Crippen LogP contribution in [-0.4, -0.2) is 48.5 Å². The molecule has 1 fully saturated rings. The average Bonchev–Trinajstić information content (AvgIpc) is 3.25. The van der Waals surface area contributed by atoms with Crippen molar-refractivity contribution >= 4 is 17.8 Å². The minimum atomic E-state index is -0.496. The van der Waals surface area contributed by atoms with E-state index in [9.17, 15) is 14.4 Å². The molecule has 6 heteroatoms. The number of amides is 1. The van der Waals surface area contributed by atoms with Crippen LogP contribution in [0.3, 0.4) is 0 Å². The Hall–Kier alpha value is -2.63. The minimum absolute atomic E-state index is 0.0282. The SMILES string of the molecule is CCCCCC/C=C/[C@H]1CCC(=O)N1CCc1ccc(C(=O)OCCOC(=O)C(C)(CC)CC)cc1. The fraction of sp³-hybridized carbons (Fsp3) is 0.633. The second-order valence-corrected chi connectivity index (χ2v) is 9.96. The van der Waals surface area contributed by atoms with Crippen molar-refractivity contribution in [1.29, 1.82) is 0 Å². The molecule has 1 aromatic carbocycles. The Morgan fingerprint density at radius 2 is 1.72 bits per heavy atom. The third kappa shape index (κ3) is 9.11. The molecule has 36 heavy (non-hydrogen) atoms. The summed E-state index contributed by atoms with van der Waals surface area (Å²) in [6.07, 6.45) is 14.2. The van der Waals surface area contributed by atoms with Gasteiger partial charge in [0.25, 0.3) is 0 Å². The lowest BCUT2D eigenvalue weighted by atomic mass is 9.85. The van der Waals surface area contributed by atoms with Gasteiger partial charge < -0.3 is 14.4 Å². The van der Waals surface area contributed by atoms with E-state index in [1.807, 2.05) is 37.8 Å². The van der Waals surface area contributed by atoms with Crippen LogP contribution in [0.4, 0.5) is 0 Å². The first-order valence-corrected chi connectivity index (χ1v) is 13.7. The first-order chi connectivity index (χ1) is 17.3. The maximum absolute atomic E-state index is 12.4. The normalized spacial score (nSPS) is 16.1. The fourth-order valence-electron chi connectivity index (χ4n) is 4.31. The number of esters is 2. The van der Waals surface area contributed by atoms with Gasteiger partial charge in [-0.25, -0.2) is 4.79 Å². The second kappa shape index (κ2) is 15.5. The Kier molecular flexibility index (Phi) is 12.7. The summed E-state index contributed by atoms with van der Waals surface area (Å²) in [5.41, 5.74) is 1.03. The van der Waals surface area contributed by atoms with Crippen LogP contribution in [0.25, 0.3) is 0 Å². The second-order valence-electron chi connectivity index (χ2n) is 9.96. The number of carbonyl (C=O) groups is 3. The van der Waals surface area contributed by atoms with E-state index in [1.165, 1.54) is 25.7 Å². The van der Waals surface area contributed by atoms with Crippen LogP contribution in [0, 0.1) is 5.41 Å². The standard InChI is InChI=1S/C30H45NO5/c1-5-8-9-10-11-12-13-26-18-19-27(32)31(26)21-20-24-14-16-25(17-15-24)28(33)35-22-23-36-29(34)30(4,6-2)7-3/h12-17,26H,5-11,18-23H2,1-4H3/b13-12+/t26-/m0/s1. The van der Waals surface area contributed by atoms with Gasteiger partial charge in [-0.2, -0.15) is 0 Å². The molecule has 0 radical (unpaired) electrons. The van der Waals surface area contributed by atoms with Crippen molar-refractivity contribution in [3.05, 3.63) is 47.5 Å². The van der Waals surface area contributed by atoms with E-state index >= 15 is 0 Å². The van der Waals surface area contributed by atoms with Crippen molar-refractivity contribution in [1.82, 2.24) is 4.90 Å². The molecule has 6 nitrogen and oxygen atoms in total. The van der Waals surface area contributed by atoms with E-state index in [1.54, 1.807) is 12.1 Å². The van der Waals surface area contributed by atoms with Crippen molar-refractivity contribution < 1.29 is 23.9 Å². The molecule has 1 aliphatic heterocycles. The van der Waals surface area contributed by atoms with Gasteiger partial charge in [-0.3, -0.25) is 9.59 Å². The number of hydrogen-bond acceptors (Lipinski definition) is 5. The van der Waals surface area contributed by atoms with Crippen LogP contribution in [0.2, 0.25) is 0 Å². The van der Waals surface area contributed by atoms with Crippen LogP contribution in [0.5, 0.6) is 0 Å². The molecule has 0 spiro atoms. The Morgan fingerprint density at radius 3 is 2.39 bits per heavy atom. The van der Waals surface area contributed by atoms with Gasteiger partial charge in [0.05, 0.1) is 17.0 Å². The Bertz CT molecular complexity index is 857. The summed E-state index contributed by atoms with van der Waals surface area (Å²) in [7, 11) is 0. The van der Waals surface area contributed by atoms with E-state index in [4.69, 9.17) is 9.47 Å². The predicted molar refractivity (Wildman–Crippen MR) is 143 cm³/mol. The van der Waals surface area contributed by atoms with Crippen molar-refractivity contribution in [2.75, 3.05) is 19.8 Å². The highest BCUT2D eigenvalue weighted by molar-refractivity contribution is 5.89. The zero-order valence-corrected chi connectivity index (χ0v) is 22.7. The zero-order chi connectivity index (χ0) is 26.4. The molecule has 0 bridgehead atoms. The summed E-state index contributed by atoms with van der Waals surface area (Å²) in [5.74, 6) is -0.478. The molecule has 1 aliphatic rings. The minimum Gasteiger partial charge on any atom is -0.462 e. The van der Waals surface area contributed by atoms with Gasteiger partial charge in [-0.1, -0.05) is 64.3 Å². The van der Waals surface area contributed by atoms with Gasteiger partial charge in [0.2, 0.25) is 5.91 Å². The summed E-state index contributed by atoms with van der Waals surface area (Å²) in [5, 5.41) is 0. The molecule has 200 valence electrons. The molecule has 1 saturated heterocycles. The van der Waals surface area contributed by atoms with Crippen molar-refractivity contribution in [2.24, 2.45) is 5.41 Å². The van der Waals surface area contributed by atoms with Crippen molar-refractivity contribution in [3.8, 4) is 0 Å². The first-order valence-electron chi connectivity index (χ1n) is 13.7. The Labute approximate surface area is 217 Å². The lowest BCUT2D eigenvalue weighted by Gasteiger charge is -2.23. The lowest BCUT2D eigenvalue weighted by Crippen LogP contribution is -2.33. The number of ether oxygens (including phenoxy) is 2. The fourth-order valence-corrected chi connectivity index (χ4v) is 4.31. The average molecular weight is 500 g/mol. The topological polar surface area (TPSA) is 72.9 Å². The van der Waals surface area contributed by atoms with E-state index in [0.29, 0.717) is 31.4 Å². The molecule has 1 heterocycles. The number of allylic oxidation sites excluding steroid dienone is 1. The molecular weight excluding hydrogens is 454 g/mol. The number of benzene rings is 1.